The Balaban J connectivity index is 0. The summed E-state index contributed by atoms with van der Waals surface area (Å²) in [5.74, 6) is 0. The second-order valence-corrected chi connectivity index (χ2v) is 4.43. The third kappa shape index (κ3) is 24.9. The minimum atomic E-state index is -0.125. The van der Waals surface area contributed by atoms with Crippen molar-refractivity contribution < 1.29 is 20.4 Å². The highest BCUT2D eigenvalue weighted by Crippen LogP contribution is 2.10. The van der Waals surface area contributed by atoms with Crippen LogP contribution in [0.25, 0.3) is 0 Å². The molecule has 0 fully saturated rings. The average molecular weight is 264 g/mol. The van der Waals surface area contributed by atoms with Crippen molar-refractivity contribution in [1.82, 2.24) is 0 Å². The predicted molar refractivity (Wildman–Crippen MR) is 74.5 cm³/mol. The summed E-state index contributed by atoms with van der Waals surface area (Å²) in [7, 11) is 0. The Morgan fingerprint density at radius 2 is 0.500 bits per heavy atom. The molecule has 4 heteroatoms. The summed E-state index contributed by atoms with van der Waals surface area (Å²) in [6.45, 7) is 0.447. The first-order valence-corrected chi connectivity index (χ1v) is 7.26. The normalized spacial score (nSPS) is 10.0. The molecule has 0 heterocycles. The maximum absolute atomic E-state index is 8.57. The van der Waals surface area contributed by atoms with Crippen LogP contribution in [0.2, 0.25) is 0 Å². The zero-order valence-corrected chi connectivity index (χ0v) is 11.7. The van der Waals surface area contributed by atoms with E-state index in [1.54, 1.807) is 0 Å². The summed E-state index contributed by atoms with van der Waals surface area (Å²) in [6, 6.07) is 0. The Labute approximate surface area is 112 Å². The molecular weight excluding hydrogens is 232 g/mol. The fraction of sp³-hybridized carbons (Fsp3) is 1.00. The van der Waals surface area contributed by atoms with Crippen molar-refractivity contribution in [3.8, 4) is 0 Å². The van der Waals surface area contributed by atoms with E-state index in [-0.39, 0.29) is 13.2 Å². The van der Waals surface area contributed by atoms with Crippen molar-refractivity contribution in [1.29, 1.82) is 0 Å². The Kier molecular flexibility index (Phi) is 24.7. The van der Waals surface area contributed by atoms with Crippen LogP contribution in [0.5, 0.6) is 0 Å². The summed E-state index contributed by atoms with van der Waals surface area (Å²) >= 11 is 0. The topological polar surface area (TPSA) is 80.9 Å². The van der Waals surface area contributed by atoms with E-state index in [1.165, 1.54) is 51.4 Å². The molecule has 0 aromatic carbocycles. The van der Waals surface area contributed by atoms with Gasteiger partial charge in [-0.05, 0) is 12.8 Å². The molecule has 0 aromatic heterocycles. The van der Waals surface area contributed by atoms with Gasteiger partial charge in [0.25, 0.3) is 0 Å². The highest BCUT2D eigenvalue weighted by atomic mass is 16.3. The molecule has 0 aliphatic carbocycles. The van der Waals surface area contributed by atoms with E-state index in [4.69, 9.17) is 20.4 Å². The Bertz CT molecular complexity index is 106. The molecule has 0 unspecified atom stereocenters. The van der Waals surface area contributed by atoms with E-state index in [0.29, 0.717) is 13.2 Å². The molecule has 0 rings (SSSR count). The highest BCUT2D eigenvalue weighted by molar-refractivity contribution is 4.47. The molecule has 0 spiro atoms. The first kappa shape index (κ1) is 20.2. The maximum atomic E-state index is 8.57. The summed E-state index contributed by atoms with van der Waals surface area (Å²) in [5, 5.41) is 32.4. The fourth-order valence-electron chi connectivity index (χ4n) is 1.64. The van der Waals surface area contributed by atoms with Gasteiger partial charge in [-0.15, -0.1) is 0 Å². The van der Waals surface area contributed by atoms with Gasteiger partial charge in [0.05, 0.1) is 13.2 Å². The summed E-state index contributed by atoms with van der Waals surface area (Å²) < 4.78 is 0. The van der Waals surface area contributed by atoms with Crippen molar-refractivity contribution in [2.75, 3.05) is 26.4 Å². The van der Waals surface area contributed by atoms with Gasteiger partial charge in [0.15, 0.2) is 0 Å². The number of hydrogen-bond donors (Lipinski definition) is 4. The number of hydrogen-bond acceptors (Lipinski definition) is 4. The molecule has 0 saturated heterocycles. The second kappa shape index (κ2) is 22.1. The van der Waals surface area contributed by atoms with Crippen LogP contribution in [0.3, 0.4) is 0 Å². The van der Waals surface area contributed by atoms with Crippen LogP contribution in [0.15, 0.2) is 0 Å². The first-order valence-electron chi connectivity index (χ1n) is 7.26. The number of unbranched alkanes of at least 4 members (excludes halogenated alkanes) is 9. The van der Waals surface area contributed by atoms with Gasteiger partial charge in [0.1, 0.15) is 0 Å². The van der Waals surface area contributed by atoms with Gasteiger partial charge in [-0.3, -0.25) is 0 Å². The van der Waals surface area contributed by atoms with Crippen LogP contribution in [-0.2, 0) is 0 Å². The SMILES string of the molecule is OCCCCCCCCCCCCO.OCCO. The fourth-order valence-corrected chi connectivity index (χ4v) is 1.64. The third-order valence-electron chi connectivity index (χ3n) is 2.67. The lowest BCUT2D eigenvalue weighted by Crippen LogP contribution is -1.85. The summed E-state index contributed by atoms with van der Waals surface area (Å²) in [5.41, 5.74) is 0. The van der Waals surface area contributed by atoms with E-state index < -0.39 is 0 Å². The predicted octanol–water partition coefficient (Wildman–Crippen LogP) is 1.84. The summed E-state index contributed by atoms with van der Waals surface area (Å²) in [4.78, 5) is 0. The molecule has 0 saturated carbocycles. The zero-order valence-electron chi connectivity index (χ0n) is 11.7. The molecule has 0 aliphatic rings. The van der Waals surface area contributed by atoms with Gasteiger partial charge in [-0.2, -0.15) is 0 Å². The van der Waals surface area contributed by atoms with Crippen LogP contribution in [0.4, 0.5) is 0 Å². The van der Waals surface area contributed by atoms with Crippen LogP contribution in [0, 0.1) is 0 Å². The zero-order chi connectivity index (χ0) is 13.9. The van der Waals surface area contributed by atoms with Gasteiger partial charge in [0.2, 0.25) is 0 Å². The maximum Gasteiger partial charge on any atom is 0.0662 e. The molecule has 0 bridgehead atoms. The molecule has 4 nitrogen and oxygen atoms in total. The van der Waals surface area contributed by atoms with Gasteiger partial charge in [0, 0.05) is 13.2 Å². The molecule has 0 amide bonds. The Morgan fingerprint density at radius 1 is 0.278 bits per heavy atom. The Morgan fingerprint density at radius 3 is 0.667 bits per heavy atom. The van der Waals surface area contributed by atoms with E-state index in [1.807, 2.05) is 0 Å². The highest BCUT2D eigenvalue weighted by Gasteiger charge is 1.92. The van der Waals surface area contributed by atoms with Crippen LogP contribution in [0.1, 0.15) is 64.2 Å². The van der Waals surface area contributed by atoms with E-state index in [9.17, 15) is 0 Å². The third-order valence-corrected chi connectivity index (χ3v) is 2.67. The van der Waals surface area contributed by atoms with Gasteiger partial charge in [-0.1, -0.05) is 51.4 Å². The van der Waals surface area contributed by atoms with Crippen LogP contribution < -0.4 is 0 Å². The lowest BCUT2D eigenvalue weighted by molar-refractivity contribution is 0.186. The average Bonchev–Trinajstić information content (AvgIpc) is 2.41. The smallest absolute Gasteiger partial charge is 0.0662 e. The molecule has 18 heavy (non-hydrogen) atoms. The van der Waals surface area contributed by atoms with E-state index in [2.05, 4.69) is 0 Å². The van der Waals surface area contributed by atoms with Crippen LogP contribution >= 0.6 is 0 Å². The minimum Gasteiger partial charge on any atom is -0.396 e. The molecule has 0 radical (unpaired) electrons. The molecule has 0 aromatic rings. The van der Waals surface area contributed by atoms with Crippen molar-refractivity contribution in [2.24, 2.45) is 0 Å². The largest absolute Gasteiger partial charge is 0.396 e. The van der Waals surface area contributed by atoms with E-state index >= 15 is 0 Å². The minimum absolute atomic E-state index is 0.125. The lowest BCUT2D eigenvalue weighted by Gasteiger charge is -2.01. The molecule has 0 atom stereocenters. The quantitative estimate of drug-likeness (QED) is 0.405. The monoisotopic (exact) mass is 264 g/mol. The van der Waals surface area contributed by atoms with Gasteiger partial charge < -0.3 is 20.4 Å². The molecule has 112 valence electrons. The Hall–Kier alpha value is -0.160. The van der Waals surface area contributed by atoms with Gasteiger partial charge in [-0.25, -0.2) is 0 Å². The molecular formula is C14H32O4. The molecule has 4 N–H and O–H groups in total. The number of rotatable bonds is 12. The van der Waals surface area contributed by atoms with Gasteiger partial charge >= 0.3 is 0 Å². The van der Waals surface area contributed by atoms with Crippen molar-refractivity contribution in [2.45, 2.75) is 64.2 Å². The number of aliphatic hydroxyl groups is 4. The first-order chi connectivity index (χ1) is 8.83. The molecule has 0 aliphatic heterocycles. The van der Waals surface area contributed by atoms with E-state index in [0.717, 1.165) is 12.8 Å². The standard InChI is InChI=1S/C12H26O2.C2H6O2/c13-11-9-7-5-3-1-2-4-6-8-10-12-14;3-1-2-4/h13-14H,1-12H2;3-4H,1-2H2. The number of aliphatic hydroxyl groups excluding tert-OH is 4. The second-order valence-electron chi connectivity index (χ2n) is 4.43. The van der Waals surface area contributed by atoms with Crippen LogP contribution in [-0.4, -0.2) is 46.9 Å². The lowest BCUT2D eigenvalue weighted by atomic mass is 10.1. The van der Waals surface area contributed by atoms with Crippen molar-refractivity contribution in [3.63, 3.8) is 0 Å². The summed E-state index contributed by atoms with van der Waals surface area (Å²) in [6.07, 6.45) is 12.2. The van der Waals surface area contributed by atoms with Crippen molar-refractivity contribution >= 4 is 0 Å². The van der Waals surface area contributed by atoms with Crippen molar-refractivity contribution in [3.05, 3.63) is 0 Å².